The second kappa shape index (κ2) is 5.87. The first-order valence-electron chi connectivity index (χ1n) is 7.29. The van der Waals surface area contributed by atoms with Gasteiger partial charge in [-0.1, -0.05) is 40.0 Å². The Morgan fingerprint density at radius 1 is 1.28 bits per heavy atom. The van der Waals surface area contributed by atoms with Gasteiger partial charge in [-0.3, -0.25) is 4.68 Å². The first-order valence-corrected chi connectivity index (χ1v) is 7.29. The largest absolute Gasteiger partial charge is 0.311 e. The maximum absolute atomic E-state index is 4.71. The summed E-state index contributed by atoms with van der Waals surface area (Å²) in [6.45, 7) is 8.67. The van der Waals surface area contributed by atoms with E-state index in [1.54, 1.807) is 0 Å². The fourth-order valence-corrected chi connectivity index (χ4v) is 2.59. The average Bonchev–Trinajstić information content (AvgIpc) is 2.77. The Morgan fingerprint density at radius 3 is 2.67 bits per heavy atom. The molecule has 0 unspecified atom stereocenters. The van der Waals surface area contributed by atoms with Gasteiger partial charge in [-0.2, -0.15) is 5.10 Å². The van der Waals surface area contributed by atoms with Crippen molar-refractivity contribution in [3.05, 3.63) is 18.0 Å². The summed E-state index contributed by atoms with van der Waals surface area (Å²) >= 11 is 0. The highest BCUT2D eigenvalue weighted by molar-refractivity contribution is 4.99. The van der Waals surface area contributed by atoms with Crippen molar-refractivity contribution in [2.24, 2.45) is 5.41 Å². The van der Waals surface area contributed by atoms with Crippen LogP contribution < -0.4 is 5.32 Å². The molecular weight excluding hydrogens is 222 g/mol. The first kappa shape index (κ1) is 13.6. The molecule has 0 saturated heterocycles. The van der Waals surface area contributed by atoms with Crippen LogP contribution in [0.1, 0.15) is 64.6 Å². The Bertz CT molecular complexity index is 356. The minimum Gasteiger partial charge on any atom is -0.311 e. The van der Waals surface area contributed by atoms with E-state index in [-0.39, 0.29) is 0 Å². The second-order valence-corrected chi connectivity index (χ2v) is 6.74. The van der Waals surface area contributed by atoms with Crippen LogP contribution in [0.4, 0.5) is 0 Å². The number of aromatic nitrogens is 2. The van der Waals surface area contributed by atoms with Gasteiger partial charge in [0, 0.05) is 19.3 Å². The zero-order chi connectivity index (χ0) is 13.0. The minimum absolute atomic E-state index is 0.339. The van der Waals surface area contributed by atoms with Crippen molar-refractivity contribution in [3.63, 3.8) is 0 Å². The van der Waals surface area contributed by atoms with Gasteiger partial charge in [-0.15, -0.1) is 0 Å². The maximum atomic E-state index is 4.71. The summed E-state index contributed by atoms with van der Waals surface area (Å²) in [5.41, 5.74) is 1.51. The molecule has 0 radical (unpaired) electrons. The Hall–Kier alpha value is -0.830. The average molecular weight is 249 g/mol. The molecule has 1 aliphatic carbocycles. The lowest BCUT2D eigenvalue weighted by molar-refractivity contribution is 0.326. The van der Waals surface area contributed by atoms with Crippen LogP contribution in [0.25, 0.3) is 0 Å². The first-order chi connectivity index (χ1) is 8.54. The summed E-state index contributed by atoms with van der Waals surface area (Å²) < 4.78 is 2.19. The number of nitrogens with zero attached hydrogens (tertiary/aromatic N) is 2. The van der Waals surface area contributed by atoms with E-state index in [4.69, 9.17) is 5.10 Å². The number of hydrogen-bond acceptors (Lipinski definition) is 2. The fraction of sp³-hybridized carbons (Fsp3) is 0.800. The highest BCUT2D eigenvalue weighted by atomic mass is 15.3. The molecule has 0 aliphatic heterocycles. The quantitative estimate of drug-likeness (QED) is 0.884. The molecule has 0 amide bonds. The third kappa shape index (κ3) is 4.13. The van der Waals surface area contributed by atoms with E-state index in [0.717, 1.165) is 13.1 Å². The van der Waals surface area contributed by atoms with E-state index in [9.17, 15) is 0 Å². The summed E-state index contributed by atoms with van der Waals surface area (Å²) in [4.78, 5) is 0. The predicted octanol–water partition coefficient (Wildman–Crippen LogP) is 3.52. The van der Waals surface area contributed by atoms with Gasteiger partial charge in [-0.25, -0.2) is 0 Å². The highest BCUT2D eigenvalue weighted by Gasteiger charge is 2.16. The van der Waals surface area contributed by atoms with E-state index in [2.05, 4.69) is 43.0 Å². The van der Waals surface area contributed by atoms with Crippen LogP contribution in [0.5, 0.6) is 0 Å². The molecular formula is C15H27N3. The van der Waals surface area contributed by atoms with Crippen LogP contribution in [0.3, 0.4) is 0 Å². The van der Waals surface area contributed by atoms with Crippen LogP contribution in [-0.4, -0.2) is 16.3 Å². The molecule has 0 atom stereocenters. The lowest BCUT2D eigenvalue weighted by atomic mass is 9.96. The molecule has 1 aliphatic rings. The van der Waals surface area contributed by atoms with Gasteiger partial charge in [0.25, 0.3) is 0 Å². The summed E-state index contributed by atoms with van der Waals surface area (Å²) in [6, 6.07) is 2.81. The van der Waals surface area contributed by atoms with E-state index >= 15 is 0 Å². The SMILES string of the molecule is CC(C)(C)CNCc1ccn(C2CCCCC2)n1. The standard InChI is InChI=1S/C15H27N3/c1-15(2,3)12-16-11-13-9-10-18(17-13)14-7-5-4-6-8-14/h9-10,14,16H,4-8,11-12H2,1-3H3. The molecule has 0 bridgehead atoms. The lowest BCUT2D eigenvalue weighted by Crippen LogP contribution is -2.26. The molecule has 102 valence electrons. The lowest BCUT2D eigenvalue weighted by Gasteiger charge is -2.22. The molecule has 2 rings (SSSR count). The van der Waals surface area contributed by atoms with Gasteiger partial charge in [0.2, 0.25) is 0 Å². The smallest absolute Gasteiger partial charge is 0.0762 e. The Balaban J connectivity index is 1.82. The zero-order valence-electron chi connectivity index (χ0n) is 12.1. The van der Waals surface area contributed by atoms with Gasteiger partial charge >= 0.3 is 0 Å². The Kier molecular flexibility index (Phi) is 4.44. The number of nitrogens with one attached hydrogen (secondary N) is 1. The van der Waals surface area contributed by atoms with E-state index in [1.807, 2.05) is 0 Å². The van der Waals surface area contributed by atoms with Crippen molar-refractivity contribution in [1.82, 2.24) is 15.1 Å². The third-order valence-electron chi connectivity index (χ3n) is 3.57. The van der Waals surface area contributed by atoms with Crippen molar-refractivity contribution in [2.45, 2.75) is 65.5 Å². The van der Waals surface area contributed by atoms with Gasteiger partial charge < -0.3 is 5.32 Å². The molecule has 1 aromatic heterocycles. The number of rotatable bonds is 4. The zero-order valence-corrected chi connectivity index (χ0v) is 12.1. The van der Waals surface area contributed by atoms with E-state index < -0.39 is 0 Å². The number of hydrogen-bond donors (Lipinski definition) is 1. The summed E-state index contributed by atoms with van der Waals surface area (Å²) in [5, 5.41) is 8.19. The van der Waals surface area contributed by atoms with Crippen LogP contribution in [-0.2, 0) is 6.54 Å². The molecule has 3 nitrogen and oxygen atoms in total. The predicted molar refractivity (Wildman–Crippen MR) is 75.5 cm³/mol. The molecule has 1 aromatic rings. The van der Waals surface area contributed by atoms with Gasteiger partial charge in [-0.05, 0) is 24.3 Å². The second-order valence-electron chi connectivity index (χ2n) is 6.74. The summed E-state index contributed by atoms with van der Waals surface area (Å²) in [6.07, 6.45) is 8.89. The molecule has 1 N–H and O–H groups in total. The Labute approximate surface area is 111 Å². The van der Waals surface area contributed by atoms with Crippen molar-refractivity contribution in [1.29, 1.82) is 0 Å². The maximum Gasteiger partial charge on any atom is 0.0762 e. The van der Waals surface area contributed by atoms with Crippen molar-refractivity contribution < 1.29 is 0 Å². The molecule has 1 saturated carbocycles. The molecule has 1 heterocycles. The van der Waals surface area contributed by atoms with Gasteiger partial charge in [0.05, 0.1) is 11.7 Å². The van der Waals surface area contributed by atoms with Crippen molar-refractivity contribution in [3.8, 4) is 0 Å². The van der Waals surface area contributed by atoms with E-state index in [0.29, 0.717) is 11.5 Å². The summed E-state index contributed by atoms with van der Waals surface area (Å²) in [5.74, 6) is 0. The molecule has 18 heavy (non-hydrogen) atoms. The minimum atomic E-state index is 0.339. The monoisotopic (exact) mass is 249 g/mol. The molecule has 3 heteroatoms. The van der Waals surface area contributed by atoms with Crippen molar-refractivity contribution >= 4 is 0 Å². The van der Waals surface area contributed by atoms with Crippen LogP contribution in [0.2, 0.25) is 0 Å². The third-order valence-corrected chi connectivity index (χ3v) is 3.57. The van der Waals surface area contributed by atoms with Crippen molar-refractivity contribution in [2.75, 3.05) is 6.54 Å². The topological polar surface area (TPSA) is 29.9 Å². The van der Waals surface area contributed by atoms with Crippen LogP contribution in [0.15, 0.2) is 12.3 Å². The fourth-order valence-electron chi connectivity index (χ4n) is 2.59. The molecule has 1 fully saturated rings. The Morgan fingerprint density at radius 2 is 2.00 bits per heavy atom. The molecule has 0 aromatic carbocycles. The molecule has 0 spiro atoms. The normalized spacial score (nSPS) is 18.2. The summed E-state index contributed by atoms with van der Waals surface area (Å²) in [7, 11) is 0. The highest BCUT2D eigenvalue weighted by Crippen LogP contribution is 2.27. The van der Waals surface area contributed by atoms with Crippen LogP contribution >= 0.6 is 0 Å². The van der Waals surface area contributed by atoms with Crippen LogP contribution in [0, 0.1) is 5.41 Å². The van der Waals surface area contributed by atoms with E-state index in [1.165, 1.54) is 37.8 Å². The van der Waals surface area contributed by atoms with Gasteiger partial charge in [0.15, 0.2) is 0 Å². The van der Waals surface area contributed by atoms with Gasteiger partial charge in [0.1, 0.15) is 0 Å².